The fraction of sp³-hybridized carbons (Fsp3) is 0.917. The Labute approximate surface area is 102 Å². The van der Waals surface area contributed by atoms with Crippen molar-refractivity contribution in [1.82, 2.24) is 14.7 Å². The van der Waals surface area contributed by atoms with Gasteiger partial charge in [-0.3, -0.25) is 9.69 Å². The van der Waals surface area contributed by atoms with Crippen molar-refractivity contribution in [3.63, 3.8) is 0 Å². The second kappa shape index (κ2) is 3.93. The van der Waals surface area contributed by atoms with Gasteiger partial charge in [0, 0.05) is 39.6 Å². The molecule has 1 amide bonds. The van der Waals surface area contributed by atoms with Crippen molar-refractivity contribution >= 4 is 5.91 Å². The number of morpholine rings is 1. The number of carbonyl (C=O) groups excluding carboxylic acids is 1. The molecule has 17 heavy (non-hydrogen) atoms. The van der Waals surface area contributed by atoms with Crippen molar-refractivity contribution in [2.24, 2.45) is 0 Å². The molecular formula is C12H21N3O2. The van der Waals surface area contributed by atoms with Gasteiger partial charge in [0.05, 0.1) is 24.8 Å². The molecule has 3 fully saturated rings. The Bertz CT molecular complexity index is 328. The Morgan fingerprint density at radius 3 is 2.76 bits per heavy atom. The Morgan fingerprint density at radius 1 is 1.35 bits per heavy atom. The van der Waals surface area contributed by atoms with E-state index in [2.05, 4.69) is 16.8 Å². The summed E-state index contributed by atoms with van der Waals surface area (Å²) >= 11 is 0. The van der Waals surface area contributed by atoms with E-state index in [1.54, 1.807) is 6.92 Å². The zero-order valence-corrected chi connectivity index (χ0v) is 10.7. The van der Waals surface area contributed by atoms with E-state index in [4.69, 9.17) is 4.74 Å². The molecule has 0 aromatic carbocycles. The van der Waals surface area contributed by atoms with Crippen LogP contribution in [0.5, 0.6) is 0 Å². The maximum atomic E-state index is 11.6. The van der Waals surface area contributed by atoms with E-state index in [9.17, 15) is 4.79 Å². The lowest BCUT2D eigenvalue weighted by atomic mass is 9.83. The van der Waals surface area contributed by atoms with E-state index in [0.717, 1.165) is 45.9 Å². The van der Waals surface area contributed by atoms with Crippen LogP contribution in [0.3, 0.4) is 0 Å². The molecule has 0 bridgehead atoms. The zero-order chi connectivity index (χ0) is 12.0. The van der Waals surface area contributed by atoms with E-state index in [0.29, 0.717) is 6.04 Å². The average Bonchev–Trinajstić information content (AvgIpc) is 2.27. The van der Waals surface area contributed by atoms with Gasteiger partial charge in [0.2, 0.25) is 5.91 Å². The second-order valence-corrected chi connectivity index (χ2v) is 5.72. The van der Waals surface area contributed by atoms with Gasteiger partial charge in [-0.2, -0.15) is 0 Å². The minimum absolute atomic E-state index is 0.198. The topological polar surface area (TPSA) is 36.0 Å². The van der Waals surface area contributed by atoms with Crippen molar-refractivity contribution < 1.29 is 9.53 Å². The molecule has 5 nitrogen and oxygen atoms in total. The molecule has 1 atom stereocenters. The van der Waals surface area contributed by atoms with Crippen molar-refractivity contribution in [2.75, 3.05) is 53.0 Å². The molecule has 1 unspecified atom stereocenters. The van der Waals surface area contributed by atoms with Crippen LogP contribution in [-0.2, 0) is 9.53 Å². The first kappa shape index (κ1) is 11.4. The third kappa shape index (κ3) is 1.77. The summed E-state index contributed by atoms with van der Waals surface area (Å²) in [6.45, 7) is 8.18. The SMILES string of the molecule is CC(=O)N1CC2COCCN2C2(CN(C)C2)C1. The fourth-order valence-electron chi connectivity index (χ4n) is 3.68. The molecule has 3 saturated heterocycles. The maximum absolute atomic E-state index is 11.6. The predicted molar refractivity (Wildman–Crippen MR) is 63.8 cm³/mol. The first-order chi connectivity index (χ1) is 8.11. The molecule has 96 valence electrons. The standard InChI is InChI=1S/C12H21N3O2/c1-10(16)14-5-11-6-17-4-3-15(11)12(9-14)7-13(2)8-12/h11H,3-9H2,1-2H3. The van der Waals surface area contributed by atoms with E-state index in [-0.39, 0.29) is 11.4 Å². The minimum Gasteiger partial charge on any atom is -0.378 e. The number of likely N-dealkylation sites (tertiary alicyclic amines) is 1. The molecule has 0 aromatic heterocycles. The van der Waals surface area contributed by atoms with Crippen molar-refractivity contribution in [3.05, 3.63) is 0 Å². The highest BCUT2D eigenvalue weighted by Crippen LogP contribution is 2.34. The number of hydrogen-bond acceptors (Lipinski definition) is 4. The Hall–Kier alpha value is -0.650. The fourth-order valence-corrected chi connectivity index (χ4v) is 3.68. The van der Waals surface area contributed by atoms with Crippen LogP contribution in [0.2, 0.25) is 0 Å². The first-order valence-corrected chi connectivity index (χ1v) is 6.39. The zero-order valence-electron chi connectivity index (χ0n) is 10.7. The van der Waals surface area contributed by atoms with Gasteiger partial charge in [-0.05, 0) is 7.05 Å². The van der Waals surface area contributed by atoms with Gasteiger partial charge in [0.1, 0.15) is 0 Å². The molecule has 3 rings (SSSR count). The summed E-state index contributed by atoms with van der Waals surface area (Å²) in [6, 6.07) is 0.398. The van der Waals surface area contributed by atoms with Crippen LogP contribution in [0.25, 0.3) is 0 Å². The Kier molecular flexibility index (Phi) is 2.65. The minimum atomic E-state index is 0.198. The highest BCUT2D eigenvalue weighted by atomic mass is 16.5. The molecule has 3 aliphatic rings. The number of likely N-dealkylation sites (N-methyl/N-ethyl adjacent to an activating group) is 1. The predicted octanol–water partition coefficient (Wildman–Crippen LogP) is -0.766. The summed E-state index contributed by atoms with van der Waals surface area (Å²) in [5, 5.41) is 0. The Balaban J connectivity index is 1.82. The van der Waals surface area contributed by atoms with Gasteiger partial charge in [0.25, 0.3) is 0 Å². The molecular weight excluding hydrogens is 218 g/mol. The molecule has 0 aliphatic carbocycles. The largest absolute Gasteiger partial charge is 0.378 e. The van der Waals surface area contributed by atoms with Crippen LogP contribution in [0.4, 0.5) is 0 Å². The van der Waals surface area contributed by atoms with Crippen LogP contribution in [0, 0.1) is 0 Å². The summed E-state index contributed by atoms with van der Waals surface area (Å²) in [7, 11) is 2.15. The van der Waals surface area contributed by atoms with Gasteiger partial charge in [-0.25, -0.2) is 0 Å². The summed E-state index contributed by atoms with van der Waals surface area (Å²) in [6.07, 6.45) is 0. The molecule has 5 heteroatoms. The van der Waals surface area contributed by atoms with Crippen molar-refractivity contribution in [2.45, 2.75) is 18.5 Å². The van der Waals surface area contributed by atoms with Crippen LogP contribution in [-0.4, -0.2) is 85.2 Å². The number of fused-ring (bicyclic) bond motifs is 2. The van der Waals surface area contributed by atoms with E-state index in [1.165, 1.54) is 0 Å². The van der Waals surface area contributed by atoms with Gasteiger partial charge in [-0.1, -0.05) is 0 Å². The number of carbonyl (C=O) groups is 1. The number of nitrogens with zero attached hydrogens (tertiary/aromatic N) is 3. The summed E-state index contributed by atoms with van der Waals surface area (Å²) in [5.74, 6) is 0.198. The monoisotopic (exact) mass is 239 g/mol. The maximum Gasteiger partial charge on any atom is 0.219 e. The highest BCUT2D eigenvalue weighted by Gasteiger charge is 2.53. The van der Waals surface area contributed by atoms with Gasteiger partial charge < -0.3 is 14.5 Å². The molecule has 0 saturated carbocycles. The quantitative estimate of drug-likeness (QED) is 0.556. The number of rotatable bonds is 0. The van der Waals surface area contributed by atoms with Crippen LogP contribution in [0.1, 0.15) is 6.92 Å². The number of amides is 1. The smallest absolute Gasteiger partial charge is 0.219 e. The number of hydrogen-bond donors (Lipinski definition) is 0. The Morgan fingerprint density at radius 2 is 2.12 bits per heavy atom. The molecule has 0 radical (unpaired) electrons. The normalized spacial score (nSPS) is 33.3. The average molecular weight is 239 g/mol. The molecule has 1 spiro atoms. The van der Waals surface area contributed by atoms with Gasteiger partial charge in [-0.15, -0.1) is 0 Å². The third-order valence-corrected chi connectivity index (χ3v) is 4.33. The summed E-state index contributed by atoms with van der Waals surface area (Å²) in [5.41, 5.74) is 0.202. The lowest BCUT2D eigenvalue weighted by Crippen LogP contribution is -2.80. The first-order valence-electron chi connectivity index (χ1n) is 6.39. The lowest BCUT2D eigenvalue weighted by Gasteiger charge is -2.62. The molecule has 0 aromatic rings. The van der Waals surface area contributed by atoms with Gasteiger partial charge in [0.15, 0.2) is 0 Å². The molecule has 3 aliphatic heterocycles. The second-order valence-electron chi connectivity index (χ2n) is 5.72. The van der Waals surface area contributed by atoms with E-state index >= 15 is 0 Å². The van der Waals surface area contributed by atoms with E-state index in [1.807, 2.05) is 4.90 Å². The van der Waals surface area contributed by atoms with Crippen molar-refractivity contribution in [1.29, 1.82) is 0 Å². The third-order valence-electron chi connectivity index (χ3n) is 4.33. The summed E-state index contributed by atoms with van der Waals surface area (Å²) < 4.78 is 5.56. The molecule has 3 heterocycles. The summed E-state index contributed by atoms with van der Waals surface area (Å²) in [4.78, 5) is 18.6. The van der Waals surface area contributed by atoms with Gasteiger partial charge >= 0.3 is 0 Å². The highest BCUT2D eigenvalue weighted by molar-refractivity contribution is 5.73. The lowest BCUT2D eigenvalue weighted by molar-refractivity contribution is -0.170. The van der Waals surface area contributed by atoms with E-state index < -0.39 is 0 Å². The number of ether oxygens (including phenoxy) is 1. The van der Waals surface area contributed by atoms with Crippen LogP contribution < -0.4 is 0 Å². The van der Waals surface area contributed by atoms with Crippen LogP contribution in [0.15, 0.2) is 0 Å². The molecule has 0 N–H and O–H groups in total. The van der Waals surface area contributed by atoms with Crippen LogP contribution >= 0.6 is 0 Å². The van der Waals surface area contributed by atoms with Crippen molar-refractivity contribution in [3.8, 4) is 0 Å². The number of piperazine rings is 1.